The van der Waals surface area contributed by atoms with Crippen LogP contribution >= 0.6 is 7.82 Å². The highest BCUT2D eigenvalue weighted by Gasteiger charge is 2.22. The summed E-state index contributed by atoms with van der Waals surface area (Å²) in [5.41, 5.74) is 0. The van der Waals surface area contributed by atoms with E-state index in [-0.39, 0.29) is 19.4 Å². The molecule has 0 aliphatic rings. The molecule has 9 heteroatoms. The summed E-state index contributed by atoms with van der Waals surface area (Å²) in [7, 11) is -4.76. The number of phosphoric ester groups is 1. The smallest absolute Gasteiger partial charge is 0.462 e. The molecule has 0 bridgehead atoms. The fraction of sp³-hybridized carbons (Fsp3) is 0.756. The van der Waals surface area contributed by atoms with Crippen molar-refractivity contribution >= 4 is 19.8 Å². The summed E-state index contributed by atoms with van der Waals surface area (Å²) in [6.07, 6.45) is 44.1. The van der Waals surface area contributed by atoms with Gasteiger partial charge in [0.05, 0.1) is 6.61 Å². The molecule has 1 atom stereocenters. The standard InChI is InChI=1S/C41H73O8P/c1-3-5-7-9-11-13-15-17-19-20-22-23-25-27-29-31-33-35-40(42)47-37-39(38-48-50(44,45)46)49-41(43)36-34-32-30-28-26-24-21-18-16-14-12-10-8-6-4-2/h17-19,21-23,27,29,39H,3-16,20,24-26,28,30-38H2,1-2H3,(H2,44,45,46)/b19-17-,21-18-,23-22-,29-27-/t39-/m1/s1. The van der Waals surface area contributed by atoms with Gasteiger partial charge in [-0.3, -0.25) is 14.1 Å². The van der Waals surface area contributed by atoms with Crippen molar-refractivity contribution in [2.45, 2.75) is 187 Å². The van der Waals surface area contributed by atoms with Crippen LogP contribution in [0.2, 0.25) is 0 Å². The summed E-state index contributed by atoms with van der Waals surface area (Å²) >= 11 is 0. The van der Waals surface area contributed by atoms with Crippen molar-refractivity contribution in [3.05, 3.63) is 48.6 Å². The minimum Gasteiger partial charge on any atom is -0.462 e. The van der Waals surface area contributed by atoms with Gasteiger partial charge in [0.2, 0.25) is 0 Å². The van der Waals surface area contributed by atoms with Crippen LogP contribution in [0.25, 0.3) is 0 Å². The molecule has 0 rings (SSSR count). The monoisotopic (exact) mass is 725 g/mol. The Bertz CT molecular complexity index is 952. The van der Waals surface area contributed by atoms with Crippen LogP contribution in [0, 0.1) is 0 Å². The Balaban J connectivity index is 4.05. The van der Waals surface area contributed by atoms with Crippen molar-refractivity contribution in [3.8, 4) is 0 Å². The second-order valence-electron chi connectivity index (χ2n) is 13.2. The first-order chi connectivity index (χ1) is 24.3. The highest BCUT2D eigenvalue weighted by molar-refractivity contribution is 7.46. The average Bonchev–Trinajstić information content (AvgIpc) is 3.08. The number of rotatable bonds is 36. The van der Waals surface area contributed by atoms with Gasteiger partial charge < -0.3 is 19.3 Å². The van der Waals surface area contributed by atoms with Crippen molar-refractivity contribution in [1.29, 1.82) is 0 Å². The minimum absolute atomic E-state index is 0.190. The van der Waals surface area contributed by atoms with E-state index in [2.05, 4.69) is 60.9 Å². The van der Waals surface area contributed by atoms with Gasteiger partial charge in [-0.2, -0.15) is 0 Å². The molecule has 50 heavy (non-hydrogen) atoms. The van der Waals surface area contributed by atoms with Gasteiger partial charge in [-0.1, -0.05) is 146 Å². The first-order valence-corrected chi connectivity index (χ1v) is 21.5. The number of allylic oxidation sites excluding steroid dienone is 8. The molecule has 0 spiro atoms. The fourth-order valence-corrected chi connectivity index (χ4v) is 5.68. The van der Waals surface area contributed by atoms with Gasteiger partial charge in [0.25, 0.3) is 0 Å². The number of esters is 2. The molecule has 0 fully saturated rings. The van der Waals surface area contributed by atoms with Crippen LogP contribution in [-0.4, -0.2) is 41.0 Å². The number of ether oxygens (including phenoxy) is 2. The van der Waals surface area contributed by atoms with E-state index in [1.165, 1.54) is 83.5 Å². The molecular formula is C41H73O8P. The molecule has 0 aromatic heterocycles. The average molecular weight is 725 g/mol. The second-order valence-corrected chi connectivity index (χ2v) is 14.5. The van der Waals surface area contributed by atoms with Gasteiger partial charge in [0.1, 0.15) is 6.61 Å². The third kappa shape index (κ3) is 38.8. The molecule has 0 aromatic rings. The highest BCUT2D eigenvalue weighted by Crippen LogP contribution is 2.36. The van der Waals surface area contributed by atoms with Crippen LogP contribution in [0.1, 0.15) is 181 Å². The number of hydrogen-bond donors (Lipinski definition) is 2. The molecule has 0 radical (unpaired) electrons. The number of carbonyl (C=O) groups excluding carboxylic acids is 2. The van der Waals surface area contributed by atoms with Crippen LogP contribution in [0.15, 0.2) is 48.6 Å². The second kappa shape index (κ2) is 36.8. The van der Waals surface area contributed by atoms with E-state index in [0.29, 0.717) is 12.8 Å². The molecule has 2 N–H and O–H groups in total. The van der Waals surface area contributed by atoms with Crippen LogP contribution in [0.3, 0.4) is 0 Å². The summed E-state index contributed by atoms with van der Waals surface area (Å²) in [6.45, 7) is 3.61. The van der Waals surface area contributed by atoms with E-state index in [1.54, 1.807) is 0 Å². The zero-order chi connectivity index (χ0) is 36.8. The van der Waals surface area contributed by atoms with E-state index in [1.807, 2.05) is 6.08 Å². The number of hydrogen-bond acceptors (Lipinski definition) is 6. The minimum atomic E-state index is -4.76. The van der Waals surface area contributed by atoms with Crippen molar-refractivity contribution < 1.29 is 37.9 Å². The summed E-state index contributed by atoms with van der Waals surface area (Å²) in [6, 6.07) is 0. The van der Waals surface area contributed by atoms with E-state index in [9.17, 15) is 14.2 Å². The number of unbranched alkanes of at least 4 members (excludes halogenated alkanes) is 18. The maximum Gasteiger partial charge on any atom is 0.469 e. The third-order valence-corrected chi connectivity index (χ3v) is 8.81. The molecule has 0 aromatic carbocycles. The molecule has 0 heterocycles. The Morgan fingerprint density at radius 2 is 0.920 bits per heavy atom. The van der Waals surface area contributed by atoms with Gasteiger partial charge in [-0.25, -0.2) is 4.57 Å². The molecule has 0 aliphatic carbocycles. The zero-order valence-electron chi connectivity index (χ0n) is 31.8. The largest absolute Gasteiger partial charge is 0.469 e. The molecule has 8 nitrogen and oxygen atoms in total. The molecule has 0 aliphatic heterocycles. The van der Waals surface area contributed by atoms with Gasteiger partial charge in [0, 0.05) is 12.8 Å². The Kier molecular flexibility index (Phi) is 35.3. The first-order valence-electron chi connectivity index (χ1n) is 19.9. The van der Waals surface area contributed by atoms with E-state index in [4.69, 9.17) is 19.3 Å². The summed E-state index contributed by atoms with van der Waals surface area (Å²) in [4.78, 5) is 42.7. The van der Waals surface area contributed by atoms with Crippen LogP contribution < -0.4 is 0 Å². The van der Waals surface area contributed by atoms with Gasteiger partial charge in [0.15, 0.2) is 6.10 Å². The lowest BCUT2D eigenvalue weighted by atomic mass is 10.1. The fourth-order valence-electron chi connectivity index (χ4n) is 5.32. The van der Waals surface area contributed by atoms with Crippen molar-refractivity contribution in [2.24, 2.45) is 0 Å². The van der Waals surface area contributed by atoms with Crippen molar-refractivity contribution in [1.82, 2.24) is 0 Å². The predicted octanol–water partition coefficient (Wildman–Crippen LogP) is 12.0. The molecule has 0 amide bonds. The first kappa shape index (κ1) is 48.0. The number of phosphoric acid groups is 1. The molecule has 0 saturated heterocycles. The lowest BCUT2D eigenvalue weighted by molar-refractivity contribution is -0.161. The SMILES string of the molecule is CCCCCCCC/C=C\C/C=C\C/C=C\CCCC(=O)OC[C@H](COP(=O)(O)O)OC(=O)CCCCCCC/C=C\CCCCCCCC. The Hall–Kier alpha value is -1.99. The zero-order valence-corrected chi connectivity index (χ0v) is 32.7. The lowest BCUT2D eigenvalue weighted by Gasteiger charge is -2.18. The van der Waals surface area contributed by atoms with E-state index < -0.39 is 32.5 Å². The Morgan fingerprint density at radius 3 is 1.42 bits per heavy atom. The van der Waals surface area contributed by atoms with Crippen LogP contribution in [0.5, 0.6) is 0 Å². The van der Waals surface area contributed by atoms with Crippen LogP contribution in [-0.2, 0) is 28.2 Å². The van der Waals surface area contributed by atoms with Crippen molar-refractivity contribution in [2.75, 3.05) is 13.2 Å². The van der Waals surface area contributed by atoms with E-state index in [0.717, 1.165) is 57.8 Å². The van der Waals surface area contributed by atoms with Crippen LogP contribution in [0.4, 0.5) is 0 Å². The normalized spacial score (nSPS) is 13.0. The summed E-state index contributed by atoms with van der Waals surface area (Å²) in [5, 5.41) is 0. The van der Waals surface area contributed by atoms with Gasteiger partial charge in [-0.15, -0.1) is 0 Å². The Labute approximate surface area is 305 Å². The number of carbonyl (C=O) groups is 2. The van der Waals surface area contributed by atoms with Crippen molar-refractivity contribution in [3.63, 3.8) is 0 Å². The summed E-state index contributed by atoms with van der Waals surface area (Å²) in [5.74, 6) is -0.957. The lowest BCUT2D eigenvalue weighted by Crippen LogP contribution is -2.29. The molecule has 290 valence electrons. The molecule has 0 saturated carbocycles. The quantitative estimate of drug-likeness (QED) is 0.0284. The highest BCUT2D eigenvalue weighted by atomic mass is 31.2. The Morgan fingerprint density at radius 1 is 0.520 bits per heavy atom. The van der Waals surface area contributed by atoms with Gasteiger partial charge >= 0.3 is 19.8 Å². The third-order valence-electron chi connectivity index (χ3n) is 8.32. The van der Waals surface area contributed by atoms with E-state index >= 15 is 0 Å². The maximum atomic E-state index is 12.4. The maximum absolute atomic E-state index is 12.4. The van der Waals surface area contributed by atoms with Gasteiger partial charge in [-0.05, 0) is 70.6 Å². The topological polar surface area (TPSA) is 119 Å². The molecular weight excluding hydrogens is 651 g/mol. The summed E-state index contributed by atoms with van der Waals surface area (Å²) < 4.78 is 26.3. The molecule has 0 unspecified atom stereocenters. The predicted molar refractivity (Wildman–Crippen MR) is 207 cm³/mol.